The van der Waals surface area contributed by atoms with Crippen molar-refractivity contribution in [3.8, 4) is 0 Å². The maximum Gasteiger partial charge on any atom is 0.195 e. The number of ketones is 2. The number of halogens is 1. The quantitative estimate of drug-likeness (QED) is 0.826. The number of hydrogen-bond donors (Lipinski definition) is 1. The van der Waals surface area contributed by atoms with Gasteiger partial charge in [0.05, 0.1) is 0 Å². The summed E-state index contributed by atoms with van der Waals surface area (Å²) in [5, 5.41) is 11.1. The molecule has 0 bridgehead atoms. The lowest BCUT2D eigenvalue weighted by molar-refractivity contribution is -0.163. The lowest BCUT2D eigenvalue weighted by atomic mass is 9.46. The molecule has 4 aliphatic carbocycles. The number of fused-ring (bicyclic) bond motifs is 5. The summed E-state index contributed by atoms with van der Waals surface area (Å²) in [4.78, 5) is 24.1. The molecule has 0 aromatic rings. The van der Waals surface area contributed by atoms with Gasteiger partial charge in [0.2, 0.25) is 0 Å². The minimum Gasteiger partial charge on any atom is -0.381 e. The topological polar surface area (TPSA) is 54.4 Å². The van der Waals surface area contributed by atoms with Crippen LogP contribution in [-0.4, -0.2) is 28.9 Å². The summed E-state index contributed by atoms with van der Waals surface area (Å²) in [7, 11) is 0. The smallest absolute Gasteiger partial charge is 0.195 e. The number of rotatable bonds is 2. The fourth-order valence-corrected chi connectivity index (χ4v) is 7.14. The van der Waals surface area contributed by atoms with Gasteiger partial charge in [-0.2, -0.15) is 0 Å². The molecule has 138 valence electrons. The van der Waals surface area contributed by atoms with E-state index in [4.69, 9.17) is 0 Å². The van der Waals surface area contributed by atoms with E-state index in [9.17, 15) is 19.1 Å². The predicted molar refractivity (Wildman–Crippen MR) is 92.6 cm³/mol. The summed E-state index contributed by atoms with van der Waals surface area (Å²) in [6.07, 6.45) is 8.38. The normalized spacial score (nSPS) is 49.0. The molecule has 3 fully saturated rings. The van der Waals surface area contributed by atoms with Crippen molar-refractivity contribution in [3.05, 3.63) is 11.6 Å². The highest BCUT2D eigenvalue weighted by molar-refractivity contribution is 5.91. The number of carbonyl (C=O) groups excluding carboxylic acids is 2. The number of hydrogen-bond acceptors (Lipinski definition) is 3. The molecule has 1 N–H and O–H groups in total. The fraction of sp³-hybridized carbons (Fsp3) is 0.810. The highest BCUT2D eigenvalue weighted by Gasteiger charge is 2.66. The van der Waals surface area contributed by atoms with Crippen LogP contribution in [-0.2, 0) is 9.59 Å². The Kier molecular flexibility index (Phi) is 3.81. The standard InChI is InChI=1S/C21H29FO3/c1-19-8-5-14(23)11-13(19)3-4-15-16(19)6-9-20(2)17(15)7-10-21(20,25)18(24)12-22/h11,15-17,25H,3-10,12H2,1-2H3/t15-,16+,17+,19+,20+,21+/m1/s1. The number of alkyl halides is 1. The van der Waals surface area contributed by atoms with E-state index >= 15 is 0 Å². The van der Waals surface area contributed by atoms with Crippen LogP contribution in [0.4, 0.5) is 4.39 Å². The zero-order chi connectivity index (χ0) is 18.0. The Morgan fingerprint density at radius 1 is 1.16 bits per heavy atom. The Hall–Kier alpha value is -1.03. The third kappa shape index (κ3) is 2.12. The third-order valence-electron chi connectivity index (χ3n) is 8.70. The summed E-state index contributed by atoms with van der Waals surface area (Å²) in [6, 6.07) is 0. The molecule has 4 heteroatoms. The molecule has 25 heavy (non-hydrogen) atoms. The maximum absolute atomic E-state index is 13.1. The van der Waals surface area contributed by atoms with Gasteiger partial charge in [-0.1, -0.05) is 19.4 Å². The lowest BCUT2D eigenvalue weighted by Crippen LogP contribution is -2.57. The van der Waals surface area contributed by atoms with Gasteiger partial charge < -0.3 is 5.11 Å². The predicted octanol–water partition coefficient (Wildman–Crippen LogP) is 3.79. The zero-order valence-electron chi connectivity index (χ0n) is 15.3. The molecule has 3 saturated carbocycles. The Bertz CT molecular complexity index is 656. The first kappa shape index (κ1) is 17.4. The maximum atomic E-state index is 13.1. The summed E-state index contributed by atoms with van der Waals surface area (Å²) >= 11 is 0. The largest absolute Gasteiger partial charge is 0.381 e. The van der Waals surface area contributed by atoms with Crippen molar-refractivity contribution in [2.24, 2.45) is 28.6 Å². The van der Waals surface area contributed by atoms with E-state index in [1.54, 1.807) is 0 Å². The minimum absolute atomic E-state index is 0.0863. The molecule has 6 atom stereocenters. The SMILES string of the molecule is C[C@]12CCC(=O)C=C1CC[C@@H]1[C@@H]2CC[C@@]2(C)[C@H]1CC[C@]2(O)C(=O)CF. The van der Waals surface area contributed by atoms with Gasteiger partial charge in [-0.3, -0.25) is 9.59 Å². The molecule has 0 amide bonds. The molecule has 0 unspecified atom stereocenters. The van der Waals surface area contributed by atoms with Crippen molar-refractivity contribution in [3.63, 3.8) is 0 Å². The molecule has 0 spiro atoms. The van der Waals surface area contributed by atoms with Crippen LogP contribution in [0.15, 0.2) is 11.6 Å². The van der Waals surface area contributed by atoms with Gasteiger partial charge in [-0.25, -0.2) is 4.39 Å². The second kappa shape index (κ2) is 5.48. The minimum atomic E-state index is -1.49. The van der Waals surface area contributed by atoms with Gasteiger partial charge >= 0.3 is 0 Å². The van der Waals surface area contributed by atoms with Gasteiger partial charge in [0.15, 0.2) is 18.2 Å². The number of carbonyl (C=O) groups is 2. The number of Topliss-reactive ketones (excluding diaryl/α,β-unsaturated/α-hetero) is 1. The Morgan fingerprint density at radius 2 is 1.88 bits per heavy atom. The van der Waals surface area contributed by atoms with Crippen LogP contribution in [0.2, 0.25) is 0 Å². The molecule has 4 aliphatic rings. The van der Waals surface area contributed by atoms with E-state index < -0.39 is 23.5 Å². The van der Waals surface area contributed by atoms with Crippen molar-refractivity contribution in [2.75, 3.05) is 6.67 Å². The summed E-state index contributed by atoms with van der Waals surface area (Å²) in [5.41, 5.74) is -0.582. The average Bonchev–Trinajstić information content (AvgIpc) is 2.87. The lowest BCUT2D eigenvalue weighted by Gasteiger charge is -2.58. The Balaban J connectivity index is 1.68. The molecule has 0 heterocycles. The van der Waals surface area contributed by atoms with Crippen molar-refractivity contribution in [1.29, 1.82) is 0 Å². The Morgan fingerprint density at radius 3 is 2.60 bits per heavy atom. The zero-order valence-corrected chi connectivity index (χ0v) is 15.3. The number of allylic oxidation sites excluding steroid dienone is 1. The first-order chi connectivity index (χ1) is 11.8. The average molecular weight is 348 g/mol. The van der Waals surface area contributed by atoms with E-state index in [0.29, 0.717) is 24.7 Å². The molecule has 0 saturated heterocycles. The molecule has 0 aromatic heterocycles. The summed E-state index contributed by atoms with van der Waals surface area (Å²) in [6.45, 7) is 3.27. The first-order valence-electron chi connectivity index (χ1n) is 9.82. The molecule has 3 nitrogen and oxygen atoms in total. The fourth-order valence-electron chi connectivity index (χ4n) is 7.14. The highest BCUT2D eigenvalue weighted by atomic mass is 19.1. The van der Waals surface area contributed by atoms with Crippen LogP contribution in [0.5, 0.6) is 0 Å². The van der Waals surface area contributed by atoms with Crippen molar-refractivity contribution in [2.45, 2.75) is 70.8 Å². The van der Waals surface area contributed by atoms with E-state index in [1.807, 2.05) is 13.0 Å². The van der Waals surface area contributed by atoms with Crippen LogP contribution in [0.25, 0.3) is 0 Å². The highest BCUT2D eigenvalue weighted by Crippen LogP contribution is 2.67. The van der Waals surface area contributed by atoms with Gasteiger partial charge in [0.25, 0.3) is 0 Å². The van der Waals surface area contributed by atoms with Crippen molar-refractivity contribution < 1.29 is 19.1 Å². The summed E-state index contributed by atoms with van der Waals surface area (Å²) in [5.74, 6) is 0.900. The van der Waals surface area contributed by atoms with Gasteiger partial charge in [0, 0.05) is 11.8 Å². The van der Waals surface area contributed by atoms with Crippen LogP contribution >= 0.6 is 0 Å². The van der Waals surface area contributed by atoms with E-state index in [1.165, 1.54) is 5.57 Å². The summed E-state index contributed by atoms with van der Waals surface area (Å²) < 4.78 is 13.1. The van der Waals surface area contributed by atoms with Gasteiger partial charge in [-0.05, 0) is 74.2 Å². The van der Waals surface area contributed by atoms with Crippen LogP contribution in [0.1, 0.15) is 65.2 Å². The molecule has 0 radical (unpaired) electrons. The van der Waals surface area contributed by atoms with Gasteiger partial charge in [0.1, 0.15) is 5.60 Å². The van der Waals surface area contributed by atoms with Crippen molar-refractivity contribution in [1.82, 2.24) is 0 Å². The second-order valence-corrected chi connectivity index (χ2v) is 9.38. The van der Waals surface area contributed by atoms with Crippen molar-refractivity contribution >= 4 is 11.6 Å². The van der Waals surface area contributed by atoms with E-state index in [-0.39, 0.29) is 17.1 Å². The third-order valence-corrected chi connectivity index (χ3v) is 8.70. The molecule has 0 aromatic carbocycles. The molecular formula is C21H29FO3. The second-order valence-electron chi connectivity index (χ2n) is 9.38. The van der Waals surface area contributed by atoms with Crippen LogP contribution in [0, 0.1) is 28.6 Å². The monoisotopic (exact) mass is 348 g/mol. The van der Waals surface area contributed by atoms with Gasteiger partial charge in [-0.15, -0.1) is 0 Å². The molecular weight excluding hydrogens is 319 g/mol. The van der Waals surface area contributed by atoms with E-state index in [2.05, 4.69) is 6.92 Å². The van der Waals surface area contributed by atoms with E-state index in [0.717, 1.165) is 38.5 Å². The molecule has 0 aliphatic heterocycles. The first-order valence-corrected chi connectivity index (χ1v) is 9.82. The Labute approximate surface area is 149 Å². The van der Waals surface area contributed by atoms with Crippen LogP contribution < -0.4 is 0 Å². The van der Waals surface area contributed by atoms with Crippen LogP contribution in [0.3, 0.4) is 0 Å². The number of aliphatic hydroxyl groups is 1. The molecule has 4 rings (SSSR count).